The highest BCUT2D eigenvalue weighted by Gasteiger charge is 2.16. The second-order valence-corrected chi connectivity index (χ2v) is 4.34. The highest BCUT2D eigenvalue weighted by molar-refractivity contribution is 6.30. The van der Waals surface area contributed by atoms with E-state index in [1.807, 2.05) is 6.07 Å². The first-order valence-corrected chi connectivity index (χ1v) is 5.68. The van der Waals surface area contributed by atoms with Crippen LogP contribution in [0, 0.1) is 0 Å². The summed E-state index contributed by atoms with van der Waals surface area (Å²) >= 11 is 6.03. The minimum absolute atomic E-state index is 0.631. The summed E-state index contributed by atoms with van der Waals surface area (Å²) in [7, 11) is 0. The molecule has 1 aromatic rings. The zero-order chi connectivity index (χ0) is 9.97. The van der Waals surface area contributed by atoms with Crippen LogP contribution in [-0.2, 0) is 6.42 Å². The Morgan fingerprint density at radius 3 is 3.14 bits per heavy atom. The average Bonchev–Trinajstić information content (AvgIpc) is 2.39. The minimum atomic E-state index is 0.631. The fraction of sp³-hybridized carbons (Fsp3) is 0.500. The van der Waals surface area contributed by atoms with E-state index in [9.17, 15) is 0 Å². The van der Waals surface area contributed by atoms with Gasteiger partial charge in [-0.05, 0) is 48.6 Å². The van der Waals surface area contributed by atoms with Gasteiger partial charge in [0.15, 0.2) is 0 Å². The molecule has 2 heteroatoms. The van der Waals surface area contributed by atoms with Gasteiger partial charge in [-0.15, -0.1) is 0 Å². The molecule has 2 rings (SSSR count). The second-order valence-electron chi connectivity index (χ2n) is 3.90. The lowest BCUT2D eigenvalue weighted by molar-refractivity contribution is 0.595. The summed E-state index contributed by atoms with van der Waals surface area (Å²) in [6.45, 7) is 4.41. The molecule has 0 bridgehead atoms. The Labute approximate surface area is 90.5 Å². The number of benzene rings is 1. The Bertz CT molecular complexity index is 322. The summed E-state index contributed by atoms with van der Waals surface area (Å²) in [5.74, 6) is 0.631. The molecule has 14 heavy (non-hydrogen) atoms. The zero-order valence-corrected chi connectivity index (χ0v) is 9.27. The third kappa shape index (κ3) is 1.94. The standard InChI is InChI=1S/C12H16ClN/c1-2-9-8-14-6-5-10-3-4-11(13)7-12(9)10/h3-4,7,9,14H,2,5-6,8H2,1H3/t9-/m1/s1. The van der Waals surface area contributed by atoms with Gasteiger partial charge in [-0.2, -0.15) is 0 Å². The van der Waals surface area contributed by atoms with Crippen LogP contribution >= 0.6 is 11.6 Å². The lowest BCUT2D eigenvalue weighted by Crippen LogP contribution is -2.19. The molecule has 0 amide bonds. The SMILES string of the molecule is CC[C@@H]1CNCCc2ccc(Cl)cc21. The predicted molar refractivity (Wildman–Crippen MR) is 61.1 cm³/mol. The van der Waals surface area contributed by atoms with Gasteiger partial charge >= 0.3 is 0 Å². The number of fused-ring (bicyclic) bond motifs is 1. The molecule has 1 aromatic carbocycles. The molecule has 0 aromatic heterocycles. The second kappa shape index (κ2) is 4.33. The largest absolute Gasteiger partial charge is 0.316 e. The predicted octanol–water partition coefficient (Wildman–Crippen LogP) is 2.98. The van der Waals surface area contributed by atoms with E-state index in [4.69, 9.17) is 11.6 Å². The molecule has 0 unspecified atom stereocenters. The lowest BCUT2D eigenvalue weighted by atomic mass is 9.92. The van der Waals surface area contributed by atoms with Crippen LogP contribution in [-0.4, -0.2) is 13.1 Å². The first-order chi connectivity index (χ1) is 6.81. The Morgan fingerprint density at radius 1 is 1.50 bits per heavy atom. The Hall–Kier alpha value is -0.530. The molecule has 1 aliphatic heterocycles. The van der Waals surface area contributed by atoms with Crippen LogP contribution in [0.5, 0.6) is 0 Å². The van der Waals surface area contributed by atoms with E-state index in [0.717, 1.165) is 24.5 Å². The quantitative estimate of drug-likeness (QED) is 0.750. The van der Waals surface area contributed by atoms with E-state index in [-0.39, 0.29) is 0 Å². The molecule has 1 N–H and O–H groups in total. The van der Waals surface area contributed by atoms with Crippen molar-refractivity contribution in [3.05, 3.63) is 34.3 Å². The van der Waals surface area contributed by atoms with Crippen molar-refractivity contribution in [1.29, 1.82) is 0 Å². The molecule has 0 spiro atoms. The normalized spacial score (nSPS) is 21.4. The third-order valence-electron chi connectivity index (χ3n) is 3.00. The molecule has 0 saturated heterocycles. The molecule has 76 valence electrons. The Morgan fingerprint density at radius 2 is 2.36 bits per heavy atom. The number of hydrogen-bond acceptors (Lipinski definition) is 1. The van der Waals surface area contributed by atoms with E-state index in [0.29, 0.717) is 5.92 Å². The van der Waals surface area contributed by atoms with E-state index in [2.05, 4.69) is 24.4 Å². The van der Waals surface area contributed by atoms with Crippen LogP contribution in [0.3, 0.4) is 0 Å². The molecule has 0 saturated carbocycles. The van der Waals surface area contributed by atoms with Crippen LogP contribution < -0.4 is 5.32 Å². The van der Waals surface area contributed by atoms with Crippen molar-refractivity contribution >= 4 is 11.6 Å². The van der Waals surface area contributed by atoms with E-state index >= 15 is 0 Å². The van der Waals surface area contributed by atoms with Crippen molar-refractivity contribution in [3.63, 3.8) is 0 Å². The molecule has 1 atom stereocenters. The number of hydrogen-bond donors (Lipinski definition) is 1. The van der Waals surface area contributed by atoms with E-state index < -0.39 is 0 Å². The monoisotopic (exact) mass is 209 g/mol. The topological polar surface area (TPSA) is 12.0 Å². The summed E-state index contributed by atoms with van der Waals surface area (Å²) in [5.41, 5.74) is 2.91. The summed E-state index contributed by atoms with van der Waals surface area (Å²) in [6, 6.07) is 6.31. The van der Waals surface area contributed by atoms with Gasteiger partial charge < -0.3 is 5.32 Å². The Balaban J connectivity index is 2.40. The molecule has 0 radical (unpaired) electrons. The smallest absolute Gasteiger partial charge is 0.0409 e. The summed E-state index contributed by atoms with van der Waals surface area (Å²) in [6.07, 6.45) is 2.31. The highest BCUT2D eigenvalue weighted by atomic mass is 35.5. The van der Waals surface area contributed by atoms with Crippen molar-refractivity contribution in [2.24, 2.45) is 0 Å². The number of halogens is 1. The zero-order valence-electron chi connectivity index (χ0n) is 8.52. The first kappa shape index (κ1) is 10.0. The third-order valence-corrected chi connectivity index (χ3v) is 3.24. The van der Waals surface area contributed by atoms with E-state index in [1.54, 1.807) is 0 Å². The van der Waals surface area contributed by atoms with Gasteiger partial charge in [-0.3, -0.25) is 0 Å². The van der Waals surface area contributed by atoms with Gasteiger partial charge in [0.25, 0.3) is 0 Å². The average molecular weight is 210 g/mol. The lowest BCUT2D eigenvalue weighted by Gasteiger charge is -2.15. The van der Waals surface area contributed by atoms with Crippen molar-refractivity contribution in [1.82, 2.24) is 5.32 Å². The van der Waals surface area contributed by atoms with Crippen molar-refractivity contribution in [2.45, 2.75) is 25.7 Å². The minimum Gasteiger partial charge on any atom is -0.316 e. The van der Waals surface area contributed by atoms with E-state index in [1.165, 1.54) is 17.5 Å². The fourth-order valence-corrected chi connectivity index (χ4v) is 2.33. The molecule has 0 aliphatic carbocycles. The van der Waals surface area contributed by atoms with Gasteiger partial charge in [0.1, 0.15) is 0 Å². The highest BCUT2D eigenvalue weighted by Crippen LogP contribution is 2.27. The first-order valence-electron chi connectivity index (χ1n) is 5.30. The molecule has 1 aliphatic rings. The molecule has 0 fully saturated rings. The molecule has 1 heterocycles. The maximum absolute atomic E-state index is 6.03. The van der Waals surface area contributed by atoms with Gasteiger partial charge in [0, 0.05) is 11.6 Å². The van der Waals surface area contributed by atoms with Crippen LogP contribution in [0.1, 0.15) is 30.4 Å². The molecule has 1 nitrogen and oxygen atoms in total. The fourth-order valence-electron chi connectivity index (χ4n) is 2.15. The molecular formula is C12H16ClN. The Kier molecular flexibility index (Phi) is 3.09. The summed E-state index contributed by atoms with van der Waals surface area (Å²) in [5, 5.41) is 4.34. The maximum Gasteiger partial charge on any atom is 0.0409 e. The van der Waals surface area contributed by atoms with Gasteiger partial charge in [0.05, 0.1) is 0 Å². The van der Waals surface area contributed by atoms with Gasteiger partial charge in [-0.1, -0.05) is 24.6 Å². The maximum atomic E-state index is 6.03. The summed E-state index contributed by atoms with van der Waals surface area (Å²) in [4.78, 5) is 0. The van der Waals surface area contributed by atoms with Gasteiger partial charge in [0.2, 0.25) is 0 Å². The van der Waals surface area contributed by atoms with Crippen LogP contribution in [0.15, 0.2) is 18.2 Å². The van der Waals surface area contributed by atoms with Crippen molar-refractivity contribution in [3.8, 4) is 0 Å². The molecular weight excluding hydrogens is 194 g/mol. The van der Waals surface area contributed by atoms with Crippen molar-refractivity contribution < 1.29 is 0 Å². The number of rotatable bonds is 1. The summed E-state index contributed by atoms with van der Waals surface area (Å²) < 4.78 is 0. The number of nitrogens with one attached hydrogen (secondary N) is 1. The van der Waals surface area contributed by atoms with Crippen LogP contribution in [0.25, 0.3) is 0 Å². The van der Waals surface area contributed by atoms with Crippen LogP contribution in [0.2, 0.25) is 5.02 Å². The van der Waals surface area contributed by atoms with Crippen molar-refractivity contribution in [2.75, 3.05) is 13.1 Å². The van der Waals surface area contributed by atoms with Gasteiger partial charge in [-0.25, -0.2) is 0 Å². The van der Waals surface area contributed by atoms with Crippen LogP contribution in [0.4, 0.5) is 0 Å².